The number of hydrogen-bond acceptors (Lipinski definition) is 6. The van der Waals surface area contributed by atoms with Gasteiger partial charge in [-0.3, -0.25) is 0 Å². The molecule has 0 unspecified atom stereocenters. The summed E-state index contributed by atoms with van der Waals surface area (Å²) in [6.07, 6.45) is 3.74. The molecule has 0 aliphatic rings. The van der Waals surface area contributed by atoms with Gasteiger partial charge in [0.15, 0.2) is 0 Å². The number of anilines is 1. The van der Waals surface area contributed by atoms with Crippen LogP contribution in [0.1, 0.15) is 43.8 Å². The molecule has 0 aliphatic carbocycles. The van der Waals surface area contributed by atoms with Gasteiger partial charge in [0.25, 0.3) is 5.88 Å². The Morgan fingerprint density at radius 2 is 2.38 bits per heavy atom. The molecule has 1 aromatic heterocycles. The van der Waals surface area contributed by atoms with Crippen molar-refractivity contribution in [1.29, 1.82) is 5.26 Å². The zero-order valence-corrected chi connectivity index (χ0v) is 13.9. The minimum atomic E-state index is 0.141. The predicted molar refractivity (Wildman–Crippen MR) is 94.0 cm³/mol. The number of rotatable bonds is 8. The van der Waals surface area contributed by atoms with E-state index in [4.69, 9.17) is 14.4 Å². The molecular formula is C18H20N4O2. The molecule has 0 fully saturated rings. The van der Waals surface area contributed by atoms with E-state index in [-0.39, 0.29) is 11.6 Å². The van der Waals surface area contributed by atoms with E-state index in [1.807, 2.05) is 30.3 Å². The molecule has 0 radical (unpaired) electrons. The van der Waals surface area contributed by atoms with Crippen molar-refractivity contribution in [3.63, 3.8) is 0 Å². The van der Waals surface area contributed by atoms with Gasteiger partial charge in [0.1, 0.15) is 11.8 Å². The average Bonchev–Trinajstić information content (AvgIpc) is 2.99. The van der Waals surface area contributed by atoms with E-state index in [1.165, 1.54) is 0 Å². The first-order valence-corrected chi connectivity index (χ1v) is 7.72. The second-order valence-corrected chi connectivity index (χ2v) is 5.23. The van der Waals surface area contributed by atoms with Crippen molar-refractivity contribution >= 4 is 17.7 Å². The Morgan fingerprint density at radius 1 is 1.54 bits per heavy atom. The average molecular weight is 324 g/mol. The molecule has 24 heavy (non-hydrogen) atoms. The third-order valence-corrected chi connectivity index (χ3v) is 3.10. The molecule has 0 spiro atoms. The molecule has 6 nitrogen and oxygen atoms in total. The molecule has 0 amide bonds. The largest absolute Gasteiger partial charge is 0.494 e. The van der Waals surface area contributed by atoms with Crippen LogP contribution >= 0.6 is 0 Å². The minimum absolute atomic E-state index is 0.141. The molecule has 2 aromatic rings. The summed E-state index contributed by atoms with van der Waals surface area (Å²) in [6.45, 7) is 8.31. The van der Waals surface area contributed by atoms with Gasteiger partial charge in [-0.05, 0) is 31.0 Å². The van der Waals surface area contributed by atoms with Crippen LogP contribution in [0.3, 0.4) is 0 Å². The lowest BCUT2D eigenvalue weighted by Gasteiger charge is -2.05. The molecule has 0 saturated heterocycles. The number of aromatic nitrogens is 1. The highest BCUT2D eigenvalue weighted by Crippen LogP contribution is 2.20. The van der Waals surface area contributed by atoms with E-state index in [1.54, 1.807) is 13.1 Å². The highest BCUT2D eigenvalue weighted by Gasteiger charge is 2.12. The highest BCUT2D eigenvalue weighted by atomic mass is 16.5. The molecule has 0 aliphatic heterocycles. The monoisotopic (exact) mass is 324 g/mol. The molecule has 6 heteroatoms. The summed E-state index contributed by atoms with van der Waals surface area (Å²) < 4.78 is 11.1. The third-order valence-electron chi connectivity index (χ3n) is 3.10. The zero-order chi connectivity index (χ0) is 17.4. The van der Waals surface area contributed by atoms with Crippen molar-refractivity contribution in [2.24, 2.45) is 5.10 Å². The fourth-order valence-corrected chi connectivity index (χ4v) is 1.84. The lowest BCUT2D eigenvalue weighted by Crippen LogP contribution is -1.97. The van der Waals surface area contributed by atoms with Crippen LogP contribution in [0.15, 0.2) is 40.4 Å². The van der Waals surface area contributed by atoms with Gasteiger partial charge in [0.05, 0.1) is 12.8 Å². The van der Waals surface area contributed by atoms with Gasteiger partial charge in [-0.2, -0.15) is 15.3 Å². The maximum absolute atomic E-state index is 9.06. The fourth-order valence-electron chi connectivity index (χ4n) is 1.84. The molecule has 2 rings (SSSR count). The summed E-state index contributed by atoms with van der Waals surface area (Å²) in [5.41, 5.74) is 4.35. The van der Waals surface area contributed by atoms with E-state index < -0.39 is 0 Å². The summed E-state index contributed by atoms with van der Waals surface area (Å²) in [5.74, 6) is 1.31. The number of benzene rings is 1. The Bertz CT molecular complexity index is 772. The first-order chi connectivity index (χ1) is 11.6. The van der Waals surface area contributed by atoms with Crippen molar-refractivity contribution in [2.75, 3.05) is 12.0 Å². The Morgan fingerprint density at radius 3 is 3.08 bits per heavy atom. The van der Waals surface area contributed by atoms with Gasteiger partial charge in [-0.25, -0.2) is 5.43 Å². The second-order valence-electron chi connectivity index (χ2n) is 5.23. The van der Waals surface area contributed by atoms with Gasteiger partial charge >= 0.3 is 0 Å². The fraction of sp³-hybridized carbons (Fsp3) is 0.278. The standard InChI is InChI=1S/C18H20N4O2/c1-4-5-9-23-15-8-6-7-14(10-15)12-20-22-18-16(11-19)21-17(24-18)13(2)3/h6-8,10,12,22H,2,4-5,9H2,1,3H3/b20-12+. The number of oxazole rings is 1. The van der Waals surface area contributed by atoms with Crippen LogP contribution in [0.5, 0.6) is 5.75 Å². The number of nitrogens with zero attached hydrogens (tertiary/aromatic N) is 3. The van der Waals surface area contributed by atoms with Crippen molar-refractivity contribution in [3.8, 4) is 11.8 Å². The van der Waals surface area contributed by atoms with E-state index in [9.17, 15) is 0 Å². The van der Waals surface area contributed by atoms with Crippen LogP contribution in [0.2, 0.25) is 0 Å². The number of ether oxygens (including phenoxy) is 1. The molecule has 1 heterocycles. The summed E-state index contributed by atoms with van der Waals surface area (Å²) in [6, 6.07) is 9.56. The number of hydrogen-bond donors (Lipinski definition) is 1. The molecule has 0 bridgehead atoms. The van der Waals surface area contributed by atoms with Crippen LogP contribution in [0, 0.1) is 11.3 Å². The molecular weight excluding hydrogens is 304 g/mol. The van der Waals surface area contributed by atoms with E-state index >= 15 is 0 Å². The van der Waals surface area contributed by atoms with E-state index in [0.717, 1.165) is 24.2 Å². The van der Waals surface area contributed by atoms with Gasteiger partial charge in [0, 0.05) is 5.57 Å². The lowest BCUT2D eigenvalue weighted by molar-refractivity contribution is 0.309. The van der Waals surface area contributed by atoms with Gasteiger partial charge < -0.3 is 9.15 Å². The Balaban J connectivity index is 2.03. The van der Waals surface area contributed by atoms with Crippen molar-refractivity contribution in [1.82, 2.24) is 4.98 Å². The van der Waals surface area contributed by atoms with Crippen molar-refractivity contribution in [2.45, 2.75) is 26.7 Å². The maximum Gasteiger partial charge on any atom is 0.252 e. The summed E-state index contributed by atoms with van der Waals surface area (Å²) in [7, 11) is 0. The quantitative estimate of drug-likeness (QED) is 0.447. The smallest absolute Gasteiger partial charge is 0.252 e. The van der Waals surface area contributed by atoms with E-state index in [2.05, 4.69) is 29.0 Å². The molecule has 1 aromatic carbocycles. The molecule has 1 N–H and O–H groups in total. The number of hydrazone groups is 1. The predicted octanol–water partition coefficient (Wildman–Crippen LogP) is 4.20. The van der Waals surface area contributed by atoms with Crippen molar-refractivity contribution < 1.29 is 9.15 Å². The Kier molecular flexibility index (Phi) is 6.15. The summed E-state index contributed by atoms with van der Waals surface area (Å²) in [4.78, 5) is 4.03. The normalized spacial score (nSPS) is 10.5. The topological polar surface area (TPSA) is 83.4 Å². The number of nitriles is 1. The number of nitrogens with one attached hydrogen (secondary N) is 1. The zero-order valence-electron chi connectivity index (χ0n) is 13.9. The van der Waals surface area contributed by atoms with Gasteiger partial charge in [0.2, 0.25) is 11.6 Å². The van der Waals surface area contributed by atoms with E-state index in [0.29, 0.717) is 18.1 Å². The van der Waals surface area contributed by atoms with Crippen LogP contribution in [-0.4, -0.2) is 17.8 Å². The third kappa shape index (κ3) is 4.71. The Labute approximate surface area is 141 Å². The molecule has 124 valence electrons. The first kappa shape index (κ1) is 17.3. The van der Waals surface area contributed by atoms with Crippen LogP contribution in [0.4, 0.5) is 5.88 Å². The number of allylic oxidation sites excluding steroid dienone is 1. The second kappa shape index (κ2) is 8.53. The minimum Gasteiger partial charge on any atom is -0.494 e. The maximum atomic E-state index is 9.06. The first-order valence-electron chi connectivity index (χ1n) is 7.72. The van der Waals surface area contributed by atoms with Crippen LogP contribution in [-0.2, 0) is 0 Å². The van der Waals surface area contributed by atoms with Crippen LogP contribution < -0.4 is 10.2 Å². The van der Waals surface area contributed by atoms with Gasteiger partial charge in [-0.1, -0.05) is 32.1 Å². The van der Waals surface area contributed by atoms with Gasteiger partial charge in [-0.15, -0.1) is 0 Å². The Hall–Kier alpha value is -3.07. The van der Waals surface area contributed by atoms with Crippen molar-refractivity contribution in [3.05, 3.63) is 48.0 Å². The molecule has 0 saturated carbocycles. The SMILES string of the molecule is C=C(C)c1nc(C#N)c(N/N=C/c2cccc(OCCCC)c2)o1. The summed E-state index contributed by atoms with van der Waals surface area (Å²) >= 11 is 0. The lowest BCUT2D eigenvalue weighted by atomic mass is 10.2. The highest BCUT2D eigenvalue weighted by molar-refractivity contribution is 5.80. The van der Waals surface area contributed by atoms with Crippen LogP contribution in [0.25, 0.3) is 5.57 Å². The summed E-state index contributed by atoms with van der Waals surface area (Å²) in [5, 5.41) is 13.1. The number of unbranched alkanes of at least 4 members (excludes halogenated alkanes) is 1. The molecule has 0 atom stereocenters.